The number of nitrogens with one attached hydrogen (secondary N) is 1. The summed E-state index contributed by atoms with van der Waals surface area (Å²) in [7, 11) is 3.34. The highest BCUT2D eigenvalue weighted by Crippen LogP contribution is 2.28. The topological polar surface area (TPSA) is 76.0 Å². The third-order valence-corrected chi connectivity index (χ3v) is 3.80. The number of hydrogen-bond acceptors (Lipinski definition) is 6. The first-order valence-corrected chi connectivity index (χ1v) is 8.86. The van der Waals surface area contributed by atoms with Gasteiger partial charge in [0.2, 0.25) is 0 Å². The average molecular weight is 411 g/mol. The lowest BCUT2D eigenvalue weighted by Gasteiger charge is -2.14. The number of nitrogens with zero attached hydrogens (tertiary/aromatic N) is 3. The maximum atomic E-state index is 11.7. The van der Waals surface area contributed by atoms with Gasteiger partial charge in [-0.3, -0.25) is 10.2 Å². The number of carbonyl (C=O) groups is 1. The zero-order valence-corrected chi connectivity index (χ0v) is 16.7. The van der Waals surface area contributed by atoms with Crippen LogP contribution in [0.25, 0.3) is 0 Å². The maximum absolute atomic E-state index is 11.7. The largest absolute Gasteiger partial charge is 0.490 e. The highest BCUT2D eigenvalue weighted by molar-refractivity contribution is 6.35. The Kier molecular flexibility index (Phi) is 7.69. The average Bonchev–Trinajstić information content (AvgIpc) is 2.62. The molecule has 0 aliphatic rings. The minimum absolute atomic E-state index is 0.0667. The summed E-state index contributed by atoms with van der Waals surface area (Å²) in [5, 5.41) is 4.92. The Bertz CT molecular complexity index is 828. The second-order valence-electron chi connectivity index (χ2n) is 5.57. The Morgan fingerprint density at radius 3 is 2.70 bits per heavy atom. The minimum Gasteiger partial charge on any atom is -0.490 e. The van der Waals surface area contributed by atoms with Gasteiger partial charge in [-0.2, -0.15) is 5.10 Å². The Balaban J connectivity index is 2.08. The Labute approximate surface area is 167 Å². The summed E-state index contributed by atoms with van der Waals surface area (Å²) in [5.74, 6) is 1.26. The van der Waals surface area contributed by atoms with Gasteiger partial charge in [0.15, 0.2) is 23.9 Å². The number of benzene rings is 1. The minimum atomic E-state index is -0.139. The highest BCUT2D eigenvalue weighted by atomic mass is 35.5. The van der Waals surface area contributed by atoms with E-state index >= 15 is 0 Å². The van der Waals surface area contributed by atoms with E-state index in [4.69, 9.17) is 32.7 Å². The summed E-state index contributed by atoms with van der Waals surface area (Å²) < 4.78 is 11.1. The fourth-order valence-electron chi connectivity index (χ4n) is 1.93. The van der Waals surface area contributed by atoms with E-state index in [1.165, 1.54) is 11.1 Å². The van der Waals surface area contributed by atoms with Crippen LogP contribution in [0.5, 0.6) is 11.5 Å². The van der Waals surface area contributed by atoms with Gasteiger partial charge in [-0.1, -0.05) is 23.2 Å². The van der Waals surface area contributed by atoms with Crippen molar-refractivity contribution in [3.8, 4) is 11.5 Å². The number of amides is 1. The lowest BCUT2D eigenvalue weighted by atomic mass is 10.2. The molecular formula is C18H20Cl2N4O3. The molecule has 1 N–H and O–H groups in total. The van der Waals surface area contributed by atoms with Crippen molar-refractivity contribution in [3.63, 3.8) is 0 Å². The van der Waals surface area contributed by atoms with Crippen LogP contribution in [0.2, 0.25) is 10.0 Å². The number of hydrogen-bond donors (Lipinski definition) is 1. The zero-order valence-electron chi connectivity index (χ0n) is 15.2. The molecule has 0 aliphatic carbocycles. The molecule has 27 heavy (non-hydrogen) atoms. The normalized spacial score (nSPS) is 10.7. The van der Waals surface area contributed by atoms with Crippen molar-refractivity contribution in [3.05, 3.63) is 46.1 Å². The first-order chi connectivity index (χ1) is 12.9. The molecule has 0 atom stereocenters. The second-order valence-corrected chi connectivity index (χ2v) is 6.41. The first-order valence-electron chi connectivity index (χ1n) is 8.10. The third-order valence-electron chi connectivity index (χ3n) is 3.31. The van der Waals surface area contributed by atoms with E-state index in [1.54, 1.807) is 44.6 Å². The summed E-state index contributed by atoms with van der Waals surface area (Å²) in [6.45, 7) is 2.26. The predicted octanol–water partition coefficient (Wildman–Crippen LogP) is 3.70. The molecule has 1 aromatic heterocycles. The molecule has 0 saturated heterocycles. The van der Waals surface area contributed by atoms with Crippen LogP contribution in [-0.4, -0.2) is 49.3 Å². The number of carbonyl (C=O) groups excluding carboxylic acids is 1. The van der Waals surface area contributed by atoms with Gasteiger partial charge in [-0.05, 0) is 36.8 Å². The van der Waals surface area contributed by atoms with Crippen LogP contribution in [0.15, 0.2) is 35.6 Å². The predicted molar refractivity (Wildman–Crippen MR) is 107 cm³/mol. The number of aromatic nitrogens is 1. The molecule has 0 spiro atoms. The van der Waals surface area contributed by atoms with Crippen molar-refractivity contribution in [2.75, 3.05) is 32.7 Å². The fourth-order valence-corrected chi connectivity index (χ4v) is 2.35. The molecule has 0 unspecified atom stereocenters. The summed E-state index contributed by atoms with van der Waals surface area (Å²) in [5.41, 5.74) is 3.52. The van der Waals surface area contributed by atoms with Gasteiger partial charge in [0.25, 0.3) is 5.91 Å². The van der Waals surface area contributed by atoms with Crippen LogP contribution in [-0.2, 0) is 4.79 Å². The summed E-state index contributed by atoms with van der Waals surface area (Å²) in [6.07, 6.45) is 3.06. The number of anilines is 1. The molecule has 1 aromatic carbocycles. The van der Waals surface area contributed by atoms with Crippen LogP contribution in [0, 0.1) is 0 Å². The smallest absolute Gasteiger partial charge is 0.259 e. The maximum Gasteiger partial charge on any atom is 0.259 e. The van der Waals surface area contributed by atoms with Gasteiger partial charge in [-0.15, -0.1) is 0 Å². The summed E-state index contributed by atoms with van der Waals surface area (Å²) in [4.78, 5) is 17.2. The van der Waals surface area contributed by atoms with Crippen molar-refractivity contribution >= 4 is 41.1 Å². The van der Waals surface area contributed by atoms with E-state index < -0.39 is 0 Å². The van der Waals surface area contributed by atoms with Crippen LogP contribution in [0.4, 0.5) is 5.82 Å². The fraction of sp³-hybridized carbons (Fsp3) is 0.278. The lowest BCUT2D eigenvalue weighted by molar-refractivity contribution is -0.130. The number of hydrazone groups is 1. The van der Waals surface area contributed by atoms with E-state index in [0.29, 0.717) is 34.0 Å². The van der Waals surface area contributed by atoms with Crippen LogP contribution in [0.1, 0.15) is 12.5 Å². The Morgan fingerprint density at radius 2 is 2.04 bits per heavy atom. The van der Waals surface area contributed by atoms with Gasteiger partial charge in [0, 0.05) is 20.3 Å². The van der Waals surface area contributed by atoms with E-state index in [2.05, 4.69) is 15.5 Å². The van der Waals surface area contributed by atoms with Crippen molar-refractivity contribution in [2.24, 2.45) is 5.10 Å². The molecular weight excluding hydrogens is 391 g/mol. The van der Waals surface area contributed by atoms with Crippen molar-refractivity contribution in [1.29, 1.82) is 0 Å². The number of ether oxygens (including phenoxy) is 2. The van der Waals surface area contributed by atoms with E-state index in [0.717, 1.165) is 5.56 Å². The molecule has 0 aliphatic heterocycles. The number of pyridine rings is 1. The van der Waals surface area contributed by atoms with E-state index in [-0.39, 0.29) is 12.5 Å². The second kappa shape index (κ2) is 9.99. The third kappa shape index (κ3) is 6.30. The molecule has 1 heterocycles. The van der Waals surface area contributed by atoms with Gasteiger partial charge in [-0.25, -0.2) is 4.98 Å². The number of rotatable bonds is 8. The molecule has 0 bridgehead atoms. The quantitative estimate of drug-likeness (QED) is 0.530. The van der Waals surface area contributed by atoms with Crippen molar-refractivity contribution < 1.29 is 14.3 Å². The molecule has 2 rings (SSSR count). The van der Waals surface area contributed by atoms with E-state index in [9.17, 15) is 4.79 Å². The van der Waals surface area contributed by atoms with Crippen molar-refractivity contribution in [2.45, 2.75) is 6.92 Å². The zero-order chi connectivity index (χ0) is 19.8. The Hall–Kier alpha value is -2.51. The molecule has 0 saturated carbocycles. The van der Waals surface area contributed by atoms with Crippen LogP contribution >= 0.6 is 23.2 Å². The molecule has 7 nitrogen and oxygen atoms in total. The Morgan fingerprint density at radius 1 is 1.26 bits per heavy atom. The van der Waals surface area contributed by atoms with Gasteiger partial charge in [0.1, 0.15) is 0 Å². The van der Waals surface area contributed by atoms with Gasteiger partial charge < -0.3 is 14.4 Å². The number of halogens is 2. The molecule has 9 heteroatoms. The SMILES string of the molecule is CCOc1cc(/C=N/Nc2ncc(Cl)cc2Cl)ccc1OCC(=O)N(C)C. The molecule has 0 fully saturated rings. The van der Waals surface area contributed by atoms with Gasteiger partial charge in [0.05, 0.1) is 22.9 Å². The monoisotopic (exact) mass is 410 g/mol. The lowest BCUT2D eigenvalue weighted by Crippen LogP contribution is -2.27. The molecule has 144 valence electrons. The van der Waals surface area contributed by atoms with Crippen LogP contribution in [0.3, 0.4) is 0 Å². The molecule has 2 aromatic rings. The molecule has 0 radical (unpaired) electrons. The summed E-state index contributed by atoms with van der Waals surface area (Å²) >= 11 is 11.8. The first kappa shape index (κ1) is 20.8. The summed E-state index contributed by atoms with van der Waals surface area (Å²) in [6, 6.07) is 6.85. The van der Waals surface area contributed by atoms with Gasteiger partial charge >= 0.3 is 0 Å². The van der Waals surface area contributed by atoms with Crippen LogP contribution < -0.4 is 14.9 Å². The molecule has 1 amide bonds. The number of likely N-dealkylation sites (N-methyl/N-ethyl adjacent to an activating group) is 1. The standard InChI is InChI=1S/C18H20Cl2N4O3/c1-4-26-16-7-12(5-6-15(16)27-11-17(25)24(2)3)9-22-23-18-14(20)8-13(19)10-21-18/h5-10H,4,11H2,1-3H3,(H,21,23)/b22-9+. The highest BCUT2D eigenvalue weighted by Gasteiger charge is 2.10. The van der Waals surface area contributed by atoms with E-state index in [1.807, 2.05) is 6.92 Å². The van der Waals surface area contributed by atoms with Crippen molar-refractivity contribution in [1.82, 2.24) is 9.88 Å².